The third-order valence-corrected chi connectivity index (χ3v) is 4.43. The molecule has 1 aromatic heterocycles. The molecule has 0 saturated carbocycles. The van der Waals surface area contributed by atoms with Gasteiger partial charge in [-0.15, -0.1) is 11.3 Å². The lowest BCUT2D eigenvalue weighted by Crippen LogP contribution is -2.25. The smallest absolute Gasteiger partial charge is 0.313 e. The number of fused-ring (bicyclic) bond motifs is 1. The topological polar surface area (TPSA) is 93.1 Å². The van der Waals surface area contributed by atoms with E-state index < -0.39 is 23.8 Å². The van der Waals surface area contributed by atoms with Crippen molar-refractivity contribution in [3.8, 4) is 11.5 Å². The van der Waals surface area contributed by atoms with Gasteiger partial charge in [-0.05, 0) is 29.1 Å². The second-order valence-corrected chi connectivity index (χ2v) is 5.74. The zero-order chi connectivity index (χ0) is 15.7. The van der Waals surface area contributed by atoms with Gasteiger partial charge in [0, 0.05) is 4.88 Å². The molecule has 6 nitrogen and oxygen atoms in total. The van der Waals surface area contributed by atoms with E-state index in [1.54, 1.807) is 29.6 Å². The van der Waals surface area contributed by atoms with E-state index in [4.69, 9.17) is 9.47 Å². The first-order valence-electron chi connectivity index (χ1n) is 6.46. The first-order valence-corrected chi connectivity index (χ1v) is 7.34. The van der Waals surface area contributed by atoms with Crippen LogP contribution < -0.4 is 9.47 Å². The normalized spacial score (nSPS) is 15.3. The van der Waals surface area contributed by atoms with Crippen molar-refractivity contribution >= 4 is 23.3 Å². The van der Waals surface area contributed by atoms with Crippen molar-refractivity contribution in [2.24, 2.45) is 0 Å². The Morgan fingerprint density at radius 2 is 1.77 bits per heavy atom. The number of thiophene rings is 1. The number of hydrogen-bond donors (Lipinski definition) is 2. The third kappa shape index (κ3) is 2.50. The highest BCUT2D eigenvalue weighted by atomic mass is 32.1. The van der Waals surface area contributed by atoms with Crippen molar-refractivity contribution in [2.45, 2.75) is 11.8 Å². The first-order chi connectivity index (χ1) is 10.6. The minimum absolute atomic E-state index is 0.0732. The molecular weight excluding hydrogens is 308 g/mol. The standard InChI is InChI=1S/C15H12O6S/c16-14(17)12(13(15(18)19)11-2-1-5-22-11)8-3-4-9-10(6-8)21-7-20-9/h1-6,12-13H,7H2,(H,16,17)(H,18,19). The van der Waals surface area contributed by atoms with Crippen LogP contribution in [0.25, 0.3) is 0 Å². The molecule has 2 unspecified atom stereocenters. The van der Waals surface area contributed by atoms with Crippen LogP contribution >= 0.6 is 11.3 Å². The van der Waals surface area contributed by atoms with Gasteiger partial charge in [0.1, 0.15) is 11.8 Å². The number of hydrogen-bond acceptors (Lipinski definition) is 5. The molecule has 2 atom stereocenters. The van der Waals surface area contributed by atoms with E-state index in [0.717, 1.165) is 0 Å². The molecule has 0 saturated heterocycles. The van der Waals surface area contributed by atoms with E-state index in [1.807, 2.05) is 0 Å². The molecule has 1 aromatic carbocycles. The zero-order valence-electron chi connectivity index (χ0n) is 11.3. The minimum Gasteiger partial charge on any atom is -0.481 e. The maximum atomic E-state index is 11.7. The fourth-order valence-corrected chi connectivity index (χ4v) is 3.34. The van der Waals surface area contributed by atoms with Gasteiger partial charge in [0.05, 0.1) is 0 Å². The average Bonchev–Trinajstić information content (AvgIpc) is 3.14. The third-order valence-electron chi connectivity index (χ3n) is 3.47. The Balaban J connectivity index is 2.05. The van der Waals surface area contributed by atoms with E-state index in [-0.39, 0.29) is 6.79 Å². The number of carbonyl (C=O) groups is 2. The number of benzene rings is 1. The van der Waals surface area contributed by atoms with Crippen LogP contribution in [0.4, 0.5) is 0 Å². The maximum absolute atomic E-state index is 11.7. The molecule has 2 aromatic rings. The van der Waals surface area contributed by atoms with E-state index in [9.17, 15) is 19.8 Å². The summed E-state index contributed by atoms with van der Waals surface area (Å²) in [4.78, 5) is 23.8. The van der Waals surface area contributed by atoms with Crippen LogP contribution in [-0.2, 0) is 9.59 Å². The molecule has 0 radical (unpaired) electrons. The molecule has 2 N–H and O–H groups in total. The van der Waals surface area contributed by atoms with E-state index >= 15 is 0 Å². The van der Waals surface area contributed by atoms with Crippen LogP contribution in [-0.4, -0.2) is 28.9 Å². The predicted molar refractivity (Wildman–Crippen MR) is 77.6 cm³/mol. The molecule has 22 heavy (non-hydrogen) atoms. The quantitative estimate of drug-likeness (QED) is 0.879. The highest BCUT2D eigenvalue weighted by molar-refractivity contribution is 7.10. The van der Waals surface area contributed by atoms with Gasteiger partial charge in [0.15, 0.2) is 11.5 Å². The Labute approximate surface area is 129 Å². The molecule has 0 fully saturated rings. The minimum atomic E-state index is -1.20. The van der Waals surface area contributed by atoms with Crippen LogP contribution in [0.15, 0.2) is 35.7 Å². The number of carboxylic acid groups (broad SMARTS) is 2. The van der Waals surface area contributed by atoms with Gasteiger partial charge in [0.2, 0.25) is 6.79 Å². The summed E-state index contributed by atoms with van der Waals surface area (Å²) in [5.41, 5.74) is 0.373. The molecule has 2 heterocycles. The van der Waals surface area contributed by atoms with Gasteiger partial charge < -0.3 is 19.7 Å². The summed E-state index contributed by atoms with van der Waals surface area (Å²) in [6.45, 7) is 0.0732. The van der Waals surface area contributed by atoms with Gasteiger partial charge in [0.25, 0.3) is 0 Å². The average molecular weight is 320 g/mol. The fourth-order valence-electron chi connectivity index (χ4n) is 2.48. The summed E-state index contributed by atoms with van der Waals surface area (Å²) >= 11 is 1.23. The van der Waals surface area contributed by atoms with Crippen LogP contribution in [0.1, 0.15) is 22.3 Å². The summed E-state index contributed by atoms with van der Waals surface area (Å²) in [5, 5.41) is 20.8. The second-order valence-electron chi connectivity index (χ2n) is 4.76. The highest BCUT2D eigenvalue weighted by Gasteiger charge is 2.37. The number of aliphatic carboxylic acids is 2. The number of ether oxygens (including phenoxy) is 2. The van der Waals surface area contributed by atoms with Gasteiger partial charge in [-0.1, -0.05) is 12.1 Å². The van der Waals surface area contributed by atoms with Crippen molar-refractivity contribution < 1.29 is 29.3 Å². The Morgan fingerprint density at radius 1 is 1.05 bits per heavy atom. The van der Waals surface area contributed by atoms with Gasteiger partial charge in [-0.3, -0.25) is 9.59 Å². The molecule has 0 spiro atoms. The monoisotopic (exact) mass is 320 g/mol. The first kappa shape index (κ1) is 14.4. The van der Waals surface area contributed by atoms with E-state index in [0.29, 0.717) is 21.9 Å². The SMILES string of the molecule is O=C(O)C(c1ccc2c(c1)OCO2)C(C(=O)O)c1cccs1. The summed E-state index contributed by atoms with van der Waals surface area (Å²) in [6.07, 6.45) is 0. The summed E-state index contributed by atoms with van der Waals surface area (Å²) < 4.78 is 10.4. The second kappa shape index (κ2) is 5.69. The van der Waals surface area contributed by atoms with Crippen molar-refractivity contribution in [1.82, 2.24) is 0 Å². The summed E-state index contributed by atoms with van der Waals surface area (Å²) in [7, 11) is 0. The van der Waals surface area contributed by atoms with Crippen molar-refractivity contribution in [3.63, 3.8) is 0 Å². The van der Waals surface area contributed by atoms with E-state index in [1.165, 1.54) is 17.4 Å². The Bertz CT molecular complexity index is 709. The molecule has 0 bridgehead atoms. The predicted octanol–water partition coefficient (Wildman–Crippen LogP) is 2.51. The number of carboxylic acids is 2. The van der Waals surface area contributed by atoms with Crippen LogP contribution in [0.2, 0.25) is 0 Å². The molecule has 1 aliphatic heterocycles. The Morgan fingerprint density at radius 3 is 2.41 bits per heavy atom. The highest BCUT2D eigenvalue weighted by Crippen LogP contribution is 2.40. The Kier molecular flexibility index (Phi) is 3.72. The molecule has 0 aliphatic carbocycles. The molecular formula is C15H12O6S. The maximum Gasteiger partial charge on any atom is 0.313 e. The van der Waals surface area contributed by atoms with E-state index in [2.05, 4.69) is 0 Å². The van der Waals surface area contributed by atoms with Crippen LogP contribution in [0.5, 0.6) is 11.5 Å². The van der Waals surface area contributed by atoms with Crippen LogP contribution in [0.3, 0.4) is 0 Å². The molecule has 7 heteroatoms. The molecule has 114 valence electrons. The summed E-state index contributed by atoms with van der Waals surface area (Å²) in [5.74, 6) is -3.77. The largest absolute Gasteiger partial charge is 0.481 e. The zero-order valence-corrected chi connectivity index (χ0v) is 12.1. The van der Waals surface area contributed by atoms with Gasteiger partial charge in [-0.2, -0.15) is 0 Å². The lowest BCUT2D eigenvalue weighted by Gasteiger charge is -2.20. The lowest BCUT2D eigenvalue weighted by atomic mass is 9.85. The van der Waals surface area contributed by atoms with Gasteiger partial charge in [-0.25, -0.2) is 0 Å². The van der Waals surface area contributed by atoms with Crippen LogP contribution in [0, 0.1) is 0 Å². The summed E-state index contributed by atoms with van der Waals surface area (Å²) in [6, 6.07) is 8.03. The van der Waals surface area contributed by atoms with Gasteiger partial charge >= 0.3 is 11.9 Å². The molecule has 1 aliphatic rings. The molecule has 0 amide bonds. The Hall–Kier alpha value is -2.54. The van der Waals surface area contributed by atoms with Crippen molar-refractivity contribution in [1.29, 1.82) is 0 Å². The lowest BCUT2D eigenvalue weighted by molar-refractivity contribution is -0.147. The fraction of sp³-hybridized carbons (Fsp3) is 0.200. The number of rotatable bonds is 5. The van der Waals surface area contributed by atoms with Crippen molar-refractivity contribution in [2.75, 3.05) is 6.79 Å². The molecule has 3 rings (SSSR count). The van der Waals surface area contributed by atoms with Crippen molar-refractivity contribution in [3.05, 3.63) is 46.2 Å².